The minimum Gasteiger partial charge on any atom is -0.463 e. The van der Waals surface area contributed by atoms with Gasteiger partial charge in [-0.25, -0.2) is 4.68 Å². The molecule has 0 aromatic carbocycles. The van der Waals surface area contributed by atoms with E-state index in [-0.39, 0.29) is 52.7 Å². The van der Waals surface area contributed by atoms with E-state index in [0.29, 0.717) is 23.4 Å². The molecule has 5 fully saturated rings. The molecular formula is C49H67N5O11. The molecule has 1 saturated heterocycles. The molecule has 1 aliphatic heterocycles. The van der Waals surface area contributed by atoms with E-state index < -0.39 is 59.9 Å². The molecule has 5 aliphatic carbocycles. The van der Waals surface area contributed by atoms with Crippen molar-refractivity contribution in [3.8, 4) is 0 Å². The Balaban J connectivity index is 1.04. The number of ether oxygens (including phenoxy) is 6. The molecule has 16 heteroatoms. The highest BCUT2D eigenvalue weighted by Crippen LogP contribution is 2.77. The van der Waals surface area contributed by atoms with Crippen molar-refractivity contribution in [1.29, 1.82) is 0 Å². The second-order valence-electron chi connectivity index (χ2n) is 21.4. The lowest BCUT2D eigenvalue weighted by atomic mass is 9.32. The lowest BCUT2D eigenvalue weighted by Gasteiger charge is -2.72. The summed E-state index contributed by atoms with van der Waals surface area (Å²) in [5.74, 6) is -1.50. The van der Waals surface area contributed by atoms with Gasteiger partial charge in [0, 0.05) is 45.5 Å². The highest BCUT2D eigenvalue weighted by atomic mass is 16.7. The molecule has 4 saturated carbocycles. The summed E-state index contributed by atoms with van der Waals surface area (Å²) >= 11 is 0. The van der Waals surface area contributed by atoms with E-state index in [1.807, 2.05) is 12.4 Å². The zero-order valence-corrected chi connectivity index (χ0v) is 39.7. The van der Waals surface area contributed by atoms with Crippen molar-refractivity contribution in [1.82, 2.24) is 25.0 Å². The fourth-order valence-corrected chi connectivity index (χ4v) is 15.1. The van der Waals surface area contributed by atoms with Crippen molar-refractivity contribution in [2.24, 2.45) is 51.2 Å². The molecule has 8 rings (SSSR count). The molecule has 6 aliphatic rings. The molecule has 14 atom stereocenters. The Bertz CT molecular complexity index is 2240. The Labute approximate surface area is 381 Å². The van der Waals surface area contributed by atoms with Crippen LogP contribution in [0.3, 0.4) is 0 Å². The fourth-order valence-electron chi connectivity index (χ4n) is 15.1. The smallest absolute Gasteiger partial charge is 0.312 e. The summed E-state index contributed by atoms with van der Waals surface area (Å²) in [7, 11) is 0. The van der Waals surface area contributed by atoms with Gasteiger partial charge in [-0.3, -0.25) is 33.9 Å². The number of rotatable bonds is 10. The number of fused-ring (bicyclic) bond motifs is 8. The van der Waals surface area contributed by atoms with Crippen molar-refractivity contribution < 1.29 is 52.4 Å². The maximum atomic E-state index is 14.9. The number of nitrogens with zero attached hydrogens (tertiary/aromatic N) is 5. The van der Waals surface area contributed by atoms with Gasteiger partial charge in [0.25, 0.3) is 0 Å². The van der Waals surface area contributed by atoms with Crippen molar-refractivity contribution in [3.63, 3.8) is 0 Å². The second kappa shape index (κ2) is 16.9. The minimum atomic E-state index is -1.38. The monoisotopic (exact) mass is 901 g/mol. The minimum absolute atomic E-state index is 0.00388. The first-order valence-corrected chi connectivity index (χ1v) is 23.4. The van der Waals surface area contributed by atoms with Crippen LogP contribution in [-0.4, -0.2) is 85.8 Å². The number of carbonyl (C=O) groups is 5. The number of allylic oxidation sites excluding steroid dienone is 1. The summed E-state index contributed by atoms with van der Waals surface area (Å²) in [6, 6.07) is 0. The summed E-state index contributed by atoms with van der Waals surface area (Å²) in [6.07, 6.45) is 7.30. The number of hydrogen-bond donors (Lipinski definition) is 0. The van der Waals surface area contributed by atoms with Crippen LogP contribution in [0.5, 0.6) is 0 Å². The fraction of sp³-hybridized carbons (Fsp3) is 0.735. The van der Waals surface area contributed by atoms with Crippen molar-refractivity contribution in [3.05, 3.63) is 47.8 Å². The van der Waals surface area contributed by atoms with Gasteiger partial charge in [-0.2, -0.15) is 0 Å². The molecule has 3 heterocycles. The number of hydrogen-bond acceptors (Lipinski definition) is 15. The van der Waals surface area contributed by atoms with Gasteiger partial charge in [-0.1, -0.05) is 52.0 Å². The van der Waals surface area contributed by atoms with Crippen LogP contribution >= 0.6 is 0 Å². The Hall–Kier alpha value is -4.73. The van der Waals surface area contributed by atoms with E-state index in [4.69, 9.17) is 38.4 Å². The van der Waals surface area contributed by atoms with Gasteiger partial charge in [-0.05, 0) is 111 Å². The molecule has 65 heavy (non-hydrogen) atoms. The largest absolute Gasteiger partial charge is 0.463 e. The van der Waals surface area contributed by atoms with Gasteiger partial charge < -0.3 is 28.4 Å². The third kappa shape index (κ3) is 7.66. The predicted octanol–water partition coefficient (Wildman–Crippen LogP) is 6.74. The lowest BCUT2D eigenvalue weighted by molar-refractivity contribution is -0.270. The van der Waals surface area contributed by atoms with Crippen LogP contribution < -0.4 is 0 Å². The van der Waals surface area contributed by atoms with E-state index in [0.717, 1.165) is 88.6 Å². The number of esters is 5. The van der Waals surface area contributed by atoms with Gasteiger partial charge in [0.2, 0.25) is 0 Å². The van der Waals surface area contributed by atoms with E-state index in [1.54, 1.807) is 0 Å². The molecule has 0 amide bonds. The maximum absolute atomic E-state index is 14.9. The average molecular weight is 902 g/mol. The third-order valence-electron chi connectivity index (χ3n) is 17.7. The van der Waals surface area contributed by atoms with Crippen LogP contribution in [0, 0.1) is 51.2 Å². The van der Waals surface area contributed by atoms with Crippen LogP contribution in [0.25, 0.3) is 0 Å². The highest BCUT2D eigenvalue weighted by Gasteiger charge is 2.72. The molecule has 0 unspecified atom stereocenters. The quantitative estimate of drug-likeness (QED) is 0.138. The van der Waals surface area contributed by atoms with Crippen molar-refractivity contribution in [2.45, 2.75) is 170 Å². The lowest BCUT2D eigenvalue weighted by Crippen LogP contribution is -2.67. The van der Waals surface area contributed by atoms with Gasteiger partial charge in [0.15, 0.2) is 24.5 Å². The molecule has 0 spiro atoms. The summed E-state index contributed by atoms with van der Waals surface area (Å²) in [4.78, 5) is 73.6. The summed E-state index contributed by atoms with van der Waals surface area (Å²) < 4.78 is 35.8. The zero-order chi connectivity index (χ0) is 47.0. The topological polar surface area (TPSA) is 197 Å². The summed E-state index contributed by atoms with van der Waals surface area (Å²) in [6.45, 7) is 23.2. The Morgan fingerprint density at radius 2 is 1.43 bits per heavy atom. The predicted molar refractivity (Wildman–Crippen MR) is 232 cm³/mol. The van der Waals surface area contributed by atoms with Gasteiger partial charge >= 0.3 is 29.8 Å². The average Bonchev–Trinajstić information content (AvgIpc) is 3.86. The SMILES string of the molecule is C=C(C)[C@@H]1CC[C@]2(C(=O)OCc3cn([C@H]4O[C@H](COC(C)=O)[C@@H](OC(C)=O)[C@H](OC(C)=O)[C@H]4OC(C)=O)nn3)CC[C@]3(C)[C@H](CC[C@@H]4[C@@]5(C)Cc6nccnc6C(C)(C)[C@@H]5CC[C@]43C)[C@@H]12. The zero-order valence-electron chi connectivity index (χ0n) is 39.7. The van der Waals surface area contributed by atoms with Crippen molar-refractivity contribution >= 4 is 29.8 Å². The summed E-state index contributed by atoms with van der Waals surface area (Å²) in [5.41, 5.74) is 3.08. The standard InChI is InChI=1S/C49H67N5O11/c1-26(2)32-14-17-49(19-18-47(10)33(38(32)49)12-13-37-46(9)22-34-42(51-21-20-50-34)45(7,8)36(46)15-16-48(37,47)11)44(59)61-24-31-23-54(53-52-31)43-41(64-30(6)58)40(63-29(5)57)39(62-28(4)56)35(65-43)25-60-27(3)55/h20-21,23,32-33,35-41,43H,1,12-19,22,24-25H2,2-11H3/t32-,33+,35+,36-,37+,38+,39+,40-,41+,43-,46-,47+,48+,49-/m0/s1. The Morgan fingerprint density at radius 1 is 0.754 bits per heavy atom. The van der Waals surface area contributed by atoms with Gasteiger partial charge in [0.05, 0.1) is 23.0 Å². The molecule has 354 valence electrons. The third-order valence-corrected chi connectivity index (χ3v) is 17.7. The van der Waals surface area contributed by atoms with Crippen LogP contribution in [0.15, 0.2) is 30.7 Å². The van der Waals surface area contributed by atoms with Crippen LogP contribution in [-0.2, 0) is 70.8 Å². The van der Waals surface area contributed by atoms with Crippen LogP contribution in [0.1, 0.15) is 144 Å². The molecule has 2 aromatic heterocycles. The van der Waals surface area contributed by atoms with E-state index in [2.05, 4.69) is 58.4 Å². The first-order valence-electron chi connectivity index (χ1n) is 23.4. The first-order chi connectivity index (χ1) is 30.6. The van der Waals surface area contributed by atoms with Gasteiger partial charge in [-0.15, -0.1) is 5.10 Å². The van der Waals surface area contributed by atoms with Crippen LogP contribution in [0.4, 0.5) is 0 Å². The van der Waals surface area contributed by atoms with E-state index >= 15 is 0 Å². The first kappa shape index (κ1) is 46.8. The molecule has 0 N–H and O–H groups in total. The molecule has 16 nitrogen and oxygen atoms in total. The highest BCUT2D eigenvalue weighted by molar-refractivity contribution is 5.78. The van der Waals surface area contributed by atoms with Crippen LogP contribution in [0.2, 0.25) is 0 Å². The molecule has 0 radical (unpaired) electrons. The number of carbonyl (C=O) groups excluding carboxylic acids is 5. The Kier molecular flexibility index (Phi) is 12.1. The maximum Gasteiger partial charge on any atom is 0.312 e. The van der Waals surface area contributed by atoms with Gasteiger partial charge in [0.1, 0.15) is 25.0 Å². The normalized spacial score (nSPS) is 38.9. The molecule has 2 aromatic rings. The molecule has 0 bridgehead atoms. The van der Waals surface area contributed by atoms with E-state index in [9.17, 15) is 24.0 Å². The summed E-state index contributed by atoms with van der Waals surface area (Å²) in [5, 5.41) is 8.58. The molecular weight excluding hydrogens is 835 g/mol. The number of aromatic nitrogens is 5. The second-order valence-corrected chi connectivity index (χ2v) is 21.4. The van der Waals surface area contributed by atoms with Crippen molar-refractivity contribution in [2.75, 3.05) is 6.61 Å². The van der Waals surface area contributed by atoms with E-state index in [1.165, 1.54) is 24.7 Å². The Morgan fingerprint density at radius 3 is 2.11 bits per heavy atom.